The second kappa shape index (κ2) is 9.10. The molecule has 0 saturated carbocycles. The molecule has 0 fully saturated rings. The van der Waals surface area contributed by atoms with Gasteiger partial charge in [0.2, 0.25) is 0 Å². The molecule has 5 rings (SSSR count). The molecule has 2 aromatic heterocycles. The summed E-state index contributed by atoms with van der Waals surface area (Å²) >= 11 is 0. The van der Waals surface area contributed by atoms with Crippen molar-refractivity contribution in [3.63, 3.8) is 0 Å². The van der Waals surface area contributed by atoms with Crippen molar-refractivity contribution < 1.29 is 7.31 Å². The van der Waals surface area contributed by atoms with Crippen LogP contribution < -0.4 is 4.57 Å². The Labute approximate surface area is 210 Å². The van der Waals surface area contributed by atoms with Crippen LogP contribution in [0, 0.1) is 6.92 Å². The lowest BCUT2D eigenvalue weighted by Crippen LogP contribution is -2.30. The zero-order valence-electron chi connectivity index (χ0n) is 23.3. The Morgan fingerprint density at radius 1 is 0.886 bits per heavy atom. The molecule has 0 bridgehead atoms. The van der Waals surface area contributed by atoms with Crippen LogP contribution in [0.5, 0.6) is 0 Å². The van der Waals surface area contributed by atoms with E-state index in [1.165, 1.54) is 0 Å². The molecule has 0 aliphatic rings. The standard InChI is InChI=1S/C31H33N4/c1-20(2)25-17-23(27-19-32-15-16-33-27)18-26(21(3)4)30(25)35-29-14-10-9-13-28(29)34(6)31(35)24-12-8-7-11-22(24)5/h7-21H,1-6H3/q+1/i20D,21D. The van der Waals surface area contributed by atoms with Gasteiger partial charge in [-0.25, -0.2) is 4.57 Å². The van der Waals surface area contributed by atoms with Gasteiger partial charge < -0.3 is 0 Å². The lowest BCUT2D eigenvalue weighted by Gasteiger charge is -2.20. The molecule has 0 radical (unpaired) electrons. The molecule has 0 N–H and O–H groups in total. The molecule has 176 valence electrons. The fourth-order valence-corrected chi connectivity index (χ4v) is 4.90. The van der Waals surface area contributed by atoms with E-state index in [9.17, 15) is 2.74 Å². The fraction of sp³-hybridized carbons (Fsp3) is 0.258. The van der Waals surface area contributed by atoms with E-state index in [0.29, 0.717) is 0 Å². The van der Waals surface area contributed by atoms with Crippen molar-refractivity contribution in [1.82, 2.24) is 14.5 Å². The van der Waals surface area contributed by atoms with Gasteiger partial charge in [0.25, 0.3) is 5.82 Å². The smallest absolute Gasteiger partial charge is 0.261 e. The van der Waals surface area contributed by atoms with Crippen molar-refractivity contribution >= 4 is 11.0 Å². The van der Waals surface area contributed by atoms with Gasteiger partial charge in [0.1, 0.15) is 5.69 Å². The van der Waals surface area contributed by atoms with Crippen molar-refractivity contribution in [1.29, 1.82) is 0 Å². The highest BCUT2D eigenvalue weighted by molar-refractivity contribution is 5.81. The average Bonchev–Trinajstić information content (AvgIpc) is 3.15. The zero-order chi connectivity index (χ0) is 26.5. The molecule has 0 atom stereocenters. The summed E-state index contributed by atoms with van der Waals surface area (Å²) < 4.78 is 23.0. The van der Waals surface area contributed by atoms with Gasteiger partial charge in [0.15, 0.2) is 11.0 Å². The third-order valence-corrected chi connectivity index (χ3v) is 6.67. The maximum absolute atomic E-state index is 9.24. The van der Waals surface area contributed by atoms with Crippen molar-refractivity contribution in [2.45, 2.75) is 46.4 Å². The lowest BCUT2D eigenvalue weighted by molar-refractivity contribution is -0.633. The molecule has 0 spiro atoms. The summed E-state index contributed by atoms with van der Waals surface area (Å²) in [5, 5.41) is 0. The molecule has 4 nitrogen and oxygen atoms in total. The van der Waals surface area contributed by atoms with Gasteiger partial charge >= 0.3 is 0 Å². The summed E-state index contributed by atoms with van der Waals surface area (Å²) in [6.45, 7) is 9.76. The van der Waals surface area contributed by atoms with Gasteiger partial charge in [-0.2, -0.15) is 4.57 Å². The van der Waals surface area contributed by atoms with Crippen LogP contribution in [0.3, 0.4) is 0 Å². The first kappa shape index (κ1) is 20.6. The minimum Gasteiger partial charge on any atom is -0.261 e. The summed E-state index contributed by atoms with van der Waals surface area (Å²) in [6, 6.07) is 20.8. The molecule has 4 heteroatoms. The first-order valence-electron chi connectivity index (χ1n) is 13.0. The molecule has 3 aromatic carbocycles. The van der Waals surface area contributed by atoms with E-state index in [0.717, 1.165) is 56.1 Å². The van der Waals surface area contributed by atoms with Gasteiger partial charge in [0, 0.05) is 31.8 Å². The molecule has 35 heavy (non-hydrogen) atoms. The van der Waals surface area contributed by atoms with Gasteiger partial charge in [0.05, 0.1) is 24.5 Å². The van der Waals surface area contributed by atoms with Crippen molar-refractivity contribution in [2.24, 2.45) is 7.05 Å². The number of hydrogen-bond donors (Lipinski definition) is 0. The van der Waals surface area contributed by atoms with Gasteiger partial charge in [-0.15, -0.1) is 0 Å². The van der Waals surface area contributed by atoms with E-state index < -0.39 is 11.8 Å². The quantitative estimate of drug-likeness (QED) is 0.260. The van der Waals surface area contributed by atoms with Crippen LogP contribution in [0.15, 0.2) is 79.3 Å². The minimum absolute atomic E-state index is 0.729. The van der Waals surface area contributed by atoms with Crippen LogP contribution in [0.2, 0.25) is 0 Å². The maximum Gasteiger partial charge on any atom is 0.295 e. The molecule has 2 heterocycles. The number of aryl methyl sites for hydroxylation is 2. The first-order chi connectivity index (χ1) is 17.5. The van der Waals surface area contributed by atoms with E-state index >= 15 is 0 Å². The highest BCUT2D eigenvalue weighted by Gasteiger charge is 2.31. The van der Waals surface area contributed by atoms with E-state index in [1.807, 2.05) is 33.8 Å². The summed E-state index contributed by atoms with van der Waals surface area (Å²) in [5.41, 5.74) is 8.53. The van der Waals surface area contributed by atoms with E-state index in [2.05, 4.69) is 87.7 Å². The second-order valence-corrected chi connectivity index (χ2v) is 9.53. The van der Waals surface area contributed by atoms with Gasteiger partial charge in [-0.3, -0.25) is 9.97 Å². The third kappa shape index (κ3) is 3.93. The van der Waals surface area contributed by atoms with Crippen LogP contribution in [0.1, 0.15) is 58.9 Å². The predicted octanol–water partition coefficient (Wildman–Crippen LogP) is 7.13. The summed E-state index contributed by atoms with van der Waals surface area (Å²) in [4.78, 5) is 8.80. The molecular formula is C31H33N4+. The fourth-order valence-electron chi connectivity index (χ4n) is 4.90. The second-order valence-electron chi connectivity index (χ2n) is 9.53. The molecule has 0 aliphatic carbocycles. The van der Waals surface area contributed by atoms with Crippen molar-refractivity contribution in [3.8, 4) is 28.3 Å². The minimum atomic E-state index is -0.944. The van der Waals surface area contributed by atoms with Gasteiger partial charge in [-0.05, 0) is 54.6 Å². The first-order valence-corrected chi connectivity index (χ1v) is 12.0. The lowest BCUT2D eigenvalue weighted by atomic mass is 9.89. The number of aromatic nitrogens is 4. The van der Waals surface area contributed by atoms with Crippen LogP contribution in [0.25, 0.3) is 39.4 Å². The normalized spacial score (nSPS) is 13.1. The Morgan fingerprint density at radius 3 is 2.17 bits per heavy atom. The molecule has 0 saturated heterocycles. The van der Waals surface area contributed by atoms with E-state index in [1.54, 1.807) is 18.6 Å². The summed E-state index contributed by atoms with van der Waals surface area (Å²) in [7, 11) is 2.09. The Hall–Kier alpha value is -3.79. The SMILES string of the molecule is [2H]C(C)(C)c1cc(-c2cnccn2)cc(C([2H])(C)C)c1-n1c(-c2ccccc2C)[n+](C)c2ccccc21. The number of imidazole rings is 1. The number of rotatable bonds is 5. The number of hydrogen-bond acceptors (Lipinski definition) is 2. The summed E-state index contributed by atoms with van der Waals surface area (Å²) in [5.74, 6) is -0.872. The highest BCUT2D eigenvalue weighted by atomic mass is 15.2. The van der Waals surface area contributed by atoms with Crippen molar-refractivity contribution in [2.75, 3.05) is 0 Å². The molecular weight excluding hydrogens is 428 g/mol. The number of fused-ring (bicyclic) bond motifs is 1. The molecule has 0 unspecified atom stereocenters. The van der Waals surface area contributed by atoms with Gasteiger partial charge in [-0.1, -0.05) is 58.0 Å². The monoisotopic (exact) mass is 463 g/mol. The highest BCUT2D eigenvalue weighted by Crippen LogP contribution is 2.39. The van der Waals surface area contributed by atoms with Crippen LogP contribution in [-0.2, 0) is 7.05 Å². The molecule has 0 amide bonds. The number of para-hydroxylation sites is 2. The van der Waals surface area contributed by atoms with Crippen LogP contribution in [-0.4, -0.2) is 14.5 Å². The number of nitrogens with zero attached hydrogens (tertiary/aromatic N) is 4. The molecule has 0 aliphatic heterocycles. The largest absolute Gasteiger partial charge is 0.295 e. The van der Waals surface area contributed by atoms with Crippen molar-refractivity contribution in [3.05, 3.63) is 95.9 Å². The zero-order valence-corrected chi connectivity index (χ0v) is 21.3. The Kier molecular flexibility index (Phi) is 5.35. The molecule has 5 aromatic rings. The topological polar surface area (TPSA) is 34.6 Å². The van der Waals surface area contributed by atoms with Crippen LogP contribution >= 0.6 is 0 Å². The third-order valence-electron chi connectivity index (χ3n) is 6.67. The van der Waals surface area contributed by atoms with Crippen LogP contribution in [0.4, 0.5) is 0 Å². The Balaban J connectivity index is 2.00. The summed E-state index contributed by atoms with van der Waals surface area (Å²) in [6.07, 6.45) is 5.07. The average molecular weight is 464 g/mol. The van der Waals surface area contributed by atoms with E-state index in [4.69, 9.17) is 0 Å². The number of benzene rings is 3. The Morgan fingerprint density at radius 2 is 1.54 bits per heavy atom. The van der Waals surface area contributed by atoms with E-state index in [-0.39, 0.29) is 0 Å². The maximum atomic E-state index is 9.24. The Bertz CT molecular complexity index is 1570. The predicted molar refractivity (Wildman–Crippen MR) is 144 cm³/mol.